The van der Waals surface area contributed by atoms with Crippen LogP contribution in [0.4, 0.5) is 14.6 Å². The molecule has 0 bridgehead atoms. The predicted molar refractivity (Wildman–Crippen MR) is 92.4 cm³/mol. The zero-order chi connectivity index (χ0) is 18.3. The fourth-order valence-corrected chi connectivity index (χ4v) is 2.75. The highest BCUT2D eigenvalue weighted by Crippen LogP contribution is 2.34. The highest BCUT2D eigenvalue weighted by molar-refractivity contribution is 6.00. The number of pyridine rings is 1. The lowest BCUT2D eigenvalue weighted by atomic mass is 10.1. The maximum atomic E-state index is 13.4. The molecule has 3 heterocycles. The molecule has 2 aromatic rings. The Morgan fingerprint density at radius 2 is 2.00 bits per heavy atom. The molecule has 2 N–H and O–H groups in total. The van der Waals surface area contributed by atoms with Crippen molar-refractivity contribution in [1.82, 2.24) is 20.1 Å². The Labute approximate surface area is 147 Å². The summed E-state index contributed by atoms with van der Waals surface area (Å²) in [5.41, 5.74) is 2.18. The Balaban J connectivity index is 1.63. The number of nitrogens with one attached hydrogen (secondary N) is 2. The molecule has 1 atom stereocenters. The van der Waals surface area contributed by atoms with E-state index in [1.54, 1.807) is 36.7 Å². The van der Waals surface area contributed by atoms with Crippen molar-refractivity contribution < 1.29 is 13.6 Å². The third-order valence-corrected chi connectivity index (χ3v) is 4.23. The second-order valence-electron chi connectivity index (χ2n) is 5.99. The van der Waals surface area contributed by atoms with Gasteiger partial charge in [-0.3, -0.25) is 9.78 Å². The molecule has 6 nitrogen and oxygen atoms in total. The number of nitrogens with zero attached hydrogens (tertiary/aromatic N) is 3. The van der Waals surface area contributed by atoms with Crippen molar-refractivity contribution in [3.05, 3.63) is 71.3 Å². The summed E-state index contributed by atoms with van der Waals surface area (Å²) in [6.07, 6.45) is 6.82. The van der Waals surface area contributed by atoms with Crippen molar-refractivity contribution in [2.45, 2.75) is 19.4 Å². The minimum Gasteiger partial charge on any atom is -0.345 e. The molecule has 8 heteroatoms. The summed E-state index contributed by atoms with van der Waals surface area (Å²) in [7, 11) is 0. The van der Waals surface area contributed by atoms with Crippen LogP contribution in [-0.4, -0.2) is 27.1 Å². The molecular formula is C18H15F2N5O. The van der Waals surface area contributed by atoms with Gasteiger partial charge >= 0.3 is 0 Å². The first-order chi connectivity index (χ1) is 12.5. The van der Waals surface area contributed by atoms with Crippen molar-refractivity contribution in [3.8, 4) is 0 Å². The zero-order valence-electron chi connectivity index (χ0n) is 13.8. The van der Waals surface area contributed by atoms with Crippen molar-refractivity contribution >= 4 is 17.4 Å². The van der Waals surface area contributed by atoms with Gasteiger partial charge in [-0.25, -0.2) is 13.5 Å². The molecule has 2 aliphatic rings. The van der Waals surface area contributed by atoms with Gasteiger partial charge in [0.2, 0.25) is 0 Å². The summed E-state index contributed by atoms with van der Waals surface area (Å²) >= 11 is 0. The standard InChI is InChI=1S/C18H15F2N5O/c1-10(11-4-6-21-7-5-11)23-18(26)13-9-22-25-15(16(19)20)8-14(12-2-3-12)24-17(13)25/h2-10,16,24H,1H3,(H,23,26). The van der Waals surface area contributed by atoms with Crippen LogP contribution in [0.15, 0.2) is 60.2 Å². The first kappa shape index (κ1) is 16.2. The van der Waals surface area contributed by atoms with E-state index in [1.165, 1.54) is 12.3 Å². The van der Waals surface area contributed by atoms with Gasteiger partial charge in [0.25, 0.3) is 12.3 Å². The molecule has 0 saturated carbocycles. The van der Waals surface area contributed by atoms with E-state index in [1.807, 2.05) is 6.92 Å². The Morgan fingerprint density at radius 3 is 2.65 bits per heavy atom. The normalized spacial score (nSPS) is 16.1. The summed E-state index contributed by atoms with van der Waals surface area (Å²) in [5.74, 6) is -0.162. The molecule has 132 valence electrons. The number of hydrogen-bond acceptors (Lipinski definition) is 4. The SMILES string of the molecule is CC(NC(=O)c1cnn2c1NC(=C1C=C1)C=C2C(F)F)c1ccncc1. The molecule has 0 fully saturated rings. The van der Waals surface area contributed by atoms with Gasteiger partial charge in [0.05, 0.1) is 12.2 Å². The zero-order valence-corrected chi connectivity index (χ0v) is 13.8. The van der Waals surface area contributed by atoms with Crippen LogP contribution in [0.5, 0.6) is 0 Å². The molecule has 0 aromatic carbocycles. The number of carbonyl (C=O) groups excluding carboxylic acids is 1. The first-order valence-corrected chi connectivity index (χ1v) is 8.03. The van der Waals surface area contributed by atoms with Crippen LogP contribution in [-0.2, 0) is 0 Å². The number of carbonyl (C=O) groups is 1. The Morgan fingerprint density at radius 1 is 1.27 bits per heavy atom. The van der Waals surface area contributed by atoms with Crippen LogP contribution < -0.4 is 10.6 Å². The number of hydrogen-bond donors (Lipinski definition) is 2. The summed E-state index contributed by atoms with van der Waals surface area (Å²) in [5, 5.41) is 9.84. The lowest BCUT2D eigenvalue weighted by Crippen LogP contribution is -2.28. The summed E-state index contributed by atoms with van der Waals surface area (Å²) in [6.45, 7) is 1.84. The van der Waals surface area contributed by atoms with E-state index in [9.17, 15) is 13.6 Å². The van der Waals surface area contributed by atoms with E-state index < -0.39 is 12.3 Å². The molecule has 0 spiro atoms. The van der Waals surface area contributed by atoms with Crippen LogP contribution >= 0.6 is 0 Å². The largest absolute Gasteiger partial charge is 0.345 e. The number of fused-ring (bicyclic) bond motifs is 1. The maximum absolute atomic E-state index is 13.4. The smallest absolute Gasteiger partial charge is 0.280 e. The second-order valence-corrected chi connectivity index (χ2v) is 5.99. The van der Waals surface area contributed by atoms with E-state index in [0.29, 0.717) is 5.70 Å². The number of alkyl halides is 2. The number of rotatable bonds is 4. The monoisotopic (exact) mass is 355 g/mol. The van der Waals surface area contributed by atoms with Crippen LogP contribution in [0.3, 0.4) is 0 Å². The van der Waals surface area contributed by atoms with Crippen molar-refractivity contribution in [1.29, 1.82) is 0 Å². The maximum Gasteiger partial charge on any atom is 0.280 e. The molecule has 26 heavy (non-hydrogen) atoms. The molecular weight excluding hydrogens is 340 g/mol. The highest BCUT2D eigenvalue weighted by atomic mass is 19.3. The minimum atomic E-state index is -2.71. The highest BCUT2D eigenvalue weighted by Gasteiger charge is 2.29. The molecule has 4 rings (SSSR count). The Bertz CT molecular complexity index is 951. The van der Waals surface area contributed by atoms with E-state index in [2.05, 4.69) is 20.7 Å². The van der Waals surface area contributed by atoms with Gasteiger partial charge in [0, 0.05) is 18.1 Å². The number of aromatic nitrogens is 3. The molecule has 1 aliphatic carbocycles. The summed E-state index contributed by atoms with van der Waals surface area (Å²) in [4.78, 5) is 16.6. The predicted octanol–water partition coefficient (Wildman–Crippen LogP) is 3.12. The molecule has 1 amide bonds. The first-order valence-electron chi connectivity index (χ1n) is 8.03. The van der Waals surface area contributed by atoms with Crippen molar-refractivity contribution in [3.63, 3.8) is 0 Å². The molecule has 1 unspecified atom stereocenters. The fraction of sp³-hybridized carbons (Fsp3) is 0.167. The fourth-order valence-electron chi connectivity index (χ4n) is 2.75. The van der Waals surface area contributed by atoms with Crippen LogP contribution in [0.1, 0.15) is 28.9 Å². The van der Waals surface area contributed by atoms with Crippen LogP contribution in [0, 0.1) is 0 Å². The number of allylic oxidation sites excluding steroid dienone is 5. The third-order valence-electron chi connectivity index (χ3n) is 4.23. The number of halogens is 2. The summed E-state index contributed by atoms with van der Waals surface area (Å²) < 4.78 is 27.9. The Hall–Kier alpha value is -3.29. The average molecular weight is 355 g/mol. The second kappa shape index (κ2) is 6.21. The molecule has 0 radical (unpaired) electrons. The Kier molecular flexibility index (Phi) is 3.87. The van der Waals surface area contributed by atoms with E-state index in [4.69, 9.17) is 0 Å². The van der Waals surface area contributed by atoms with Gasteiger partial charge in [0.15, 0.2) is 0 Å². The van der Waals surface area contributed by atoms with E-state index in [-0.39, 0.29) is 23.1 Å². The minimum absolute atomic E-state index is 0.205. The van der Waals surface area contributed by atoms with E-state index >= 15 is 0 Å². The van der Waals surface area contributed by atoms with Crippen molar-refractivity contribution in [2.24, 2.45) is 0 Å². The quantitative estimate of drug-likeness (QED) is 0.884. The molecule has 0 saturated heterocycles. The van der Waals surface area contributed by atoms with Gasteiger partial charge in [-0.15, -0.1) is 0 Å². The lowest BCUT2D eigenvalue weighted by molar-refractivity contribution is 0.0940. The topological polar surface area (TPSA) is 71.8 Å². The van der Waals surface area contributed by atoms with E-state index in [0.717, 1.165) is 15.8 Å². The van der Waals surface area contributed by atoms with Crippen LogP contribution in [0.2, 0.25) is 0 Å². The summed E-state index contributed by atoms with van der Waals surface area (Å²) in [6, 6.07) is 3.34. The molecule has 1 aliphatic heterocycles. The van der Waals surface area contributed by atoms with Gasteiger partial charge in [-0.1, -0.05) is 12.2 Å². The van der Waals surface area contributed by atoms with Crippen LogP contribution in [0.25, 0.3) is 5.70 Å². The number of amides is 1. The van der Waals surface area contributed by atoms with Gasteiger partial charge < -0.3 is 10.6 Å². The third kappa shape index (κ3) is 2.90. The lowest BCUT2D eigenvalue weighted by Gasteiger charge is -2.21. The molecule has 2 aromatic heterocycles. The van der Waals surface area contributed by atoms with Crippen molar-refractivity contribution in [2.75, 3.05) is 5.32 Å². The van der Waals surface area contributed by atoms with Gasteiger partial charge in [-0.05, 0) is 36.3 Å². The number of anilines is 1. The average Bonchev–Trinajstić information content (AvgIpc) is 3.40. The van der Waals surface area contributed by atoms with Gasteiger partial charge in [0.1, 0.15) is 17.1 Å². The van der Waals surface area contributed by atoms with Gasteiger partial charge in [-0.2, -0.15) is 5.10 Å².